The molecule has 1 heterocycles. The minimum Gasteiger partial charge on any atom is -0.267 e. The molecule has 0 bridgehead atoms. The van der Waals surface area contributed by atoms with Crippen molar-refractivity contribution in [3.05, 3.63) is 94.5 Å². The van der Waals surface area contributed by atoms with Crippen LogP contribution >= 0.6 is 23.8 Å². The SMILES string of the molecule is Cc1ccc(N=C2C(=S)N(c3ccc(C)cc3)C(=N)N2/N=C\c2ccc(Cl)cc2)cc1. The van der Waals surface area contributed by atoms with Gasteiger partial charge in [0.25, 0.3) is 0 Å². The molecule has 0 spiro atoms. The molecule has 154 valence electrons. The van der Waals surface area contributed by atoms with Gasteiger partial charge < -0.3 is 0 Å². The largest absolute Gasteiger partial charge is 0.267 e. The third kappa shape index (κ3) is 4.55. The Bertz CT molecular complexity index is 1180. The van der Waals surface area contributed by atoms with Gasteiger partial charge in [0.2, 0.25) is 5.96 Å². The van der Waals surface area contributed by atoms with Gasteiger partial charge in [0.15, 0.2) is 10.8 Å². The molecule has 0 saturated carbocycles. The molecular formula is C24H20ClN5S. The molecule has 0 amide bonds. The number of benzene rings is 3. The average Bonchev–Trinajstić information content (AvgIpc) is 2.99. The van der Waals surface area contributed by atoms with Gasteiger partial charge in [-0.25, -0.2) is 4.99 Å². The van der Waals surface area contributed by atoms with Crippen LogP contribution in [0.4, 0.5) is 11.4 Å². The maximum absolute atomic E-state index is 8.76. The van der Waals surface area contributed by atoms with Crippen LogP contribution in [-0.4, -0.2) is 28.0 Å². The predicted molar refractivity (Wildman–Crippen MR) is 133 cm³/mol. The second-order valence-electron chi connectivity index (χ2n) is 7.18. The maximum atomic E-state index is 8.76. The van der Waals surface area contributed by atoms with Gasteiger partial charge in [0, 0.05) is 5.02 Å². The van der Waals surface area contributed by atoms with Gasteiger partial charge in [-0.05, 0) is 55.8 Å². The van der Waals surface area contributed by atoms with E-state index in [1.807, 2.05) is 74.5 Å². The number of aryl methyl sites for hydroxylation is 2. The van der Waals surface area contributed by atoms with E-state index in [0.717, 1.165) is 28.1 Å². The summed E-state index contributed by atoms with van der Waals surface area (Å²) >= 11 is 11.7. The highest BCUT2D eigenvalue weighted by Crippen LogP contribution is 2.26. The molecule has 5 nitrogen and oxygen atoms in total. The highest BCUT2D eigenvalue weighted by molar-refractivity contribution is 7.82. The zero-order valence-electron chi connectivity index (χ0n) is 17.1. The number of nitrogens with one attached hydrogen (secondary N) is 1. The summed E-state index contributed by atoms with van der Waals surface area (Å²) in [7, 11) is 0. The number of amidine groups is 1. The molecule has 7 heteroatoms. The minimum absolute atomic E-state index is 0.116. The third-order valence-corrected chi connectivity index (χ3v) is 5.38. The van der Waals surface area contributed by atoms with Crippen molar-refractivity contribution in [3.63, 3.8) is 0 Å². The second-order valence-corrected chi connectivity index (χ2v) is 8.00. The molecule has 3 aromatic carbocycles. The Kier molecular flexibility index (Phi) is 5.93. The fourth-order valence-corrected chi connectivity index (χ4v) is 3.48. The predicted octanol–water partition coefficient (Wildman–Crippen LogP) is 6.11. The van der Waals surface area contributed by atoms with Crippen molar-refractivity contribution in [1.29, 1.82) is 5.41 Å². The molecule has 1 saturated heterocycles. The fourth-order valence-electron chi connectivity index (χ4n) is 3.03. The minimum atomic E-state index is 0.116. The molecule has 3 aromatic rings. The highest BCUT2D eigenvalue weighted by Gasteiger charge is 2.38. The van der Waals surface area contributed by atoms with Gasteiger partial charge in [-0.15, -0.1) is 0 Å². The van der Waals surface area contributed by atoms with Crippen molar-refractivity contribution >= 4 is 58.2 Å². The van der Waals surface area contributed by atoms with E-state index in [-0.39, 0.29) is 5.96 Å². The first-order valence-corrected chi connectivity index (χ1v) is 10.5. The number of hydrogen-bond donors (Lipinski definition) is 1. The molecule has 0 atom stereocenters. The van der Waals surface area contributed by atoms with Crippen LogP contribution in [0.3, 0.4) is 0 Å². The lowest BCUT2D eigenvalue weighted by molar-refractivity contribution is 0.671. The van der Waals surface area contributed by atoms with Gasteiger partial charge in [-0.3, -0.25) is 10.3 Å². The Morgan fingerprint density at radius 3 is 2.06 bits per heavy atom. The van der Waals surface area contributed by atoms with E-state index >= 15 is 0 Å². The van der Waals surface area contributed by atoms with Crippen LogP contribution in [-0.2, 0) is 0 Å². The zero-order valence-corrected chi connectivity index (χ0v) is 18.7. The van der Waals surface area contributed by atoms with E-state index in [1.165, 1.54) is 5.01 Å². The number of anilines is 1. The van der Waals surface area contributed by atoms with Crippen LogP contribution in [0, 0.1) is 19.3 Å². The summed E-state index contributed by atoms with van der Waals surface area (Å²) in [5.41, 5.74) is 4.66. The molecule has 31 heavy (non-hydrogen) atoms. The lowest BCUT2D eigenvalue weighted by Crippen LogP contribution is -2.31. The average molecular weight is 446 g/mol. The van der Waals surface area contributed by atoms with E-state index in [2.05, 4.69) is 5.10 Å². The van der Waals surface area contributed by atoms with E-state index in [1.54, 1.807) is 23.2 Å². The number of halogens is 1. The normalized spacial score (nSPS) is 15.5. The summed E-state index contributed by atoms with van der Waals surface area (Å²) in [5.74, 6) is 0.541. The van der Waals surface area contributed by atoms with E-state index < -0.39 is 0 Å². The third-order valence-electron chi connectivity index (χ3n) is 4.76. The van der Waals surface area contributed by atoms with Crippen molar-refractivity contribution in [2.24, 2.45) is 10.1 Å². The van der Waals surface area contributed by atoms with Crippen LogP contribution in [0.2, 0.25) is 5.02 Å². The molecule has 1 fully saturated rings. The van der Waals surface area contributed by atoms with Gasteiger partial charge in [0.05, 0.1) is 17.6 Å². The van der Waals surface area contributed by atoms with Crippen LogP contribution in [0.1, 0.15) is 16.7 Å². The second kappa shape index (κ2) is 8.79. The molecular weight excluding hydrogens is 426 g/mol. The monoisotopic (exact) mass is 445 g/mol. The number of hydrogen-bond acceptors (Lipinski definition) is 4. The molecule has 4 rings (SSSR count). The topological polar surface area (TPSA) is 55.1 Å². The van der Waals surface area contributed by atoms with Crippen LogP contribution in [0.5, 0.6) is 0 Å². The van der Waals surface area contributed by atoms with E-state index in [9.17, 15) is 0 Å². The Balaban J connectivity index is 1.75. The Morgan fingerprint density at radius 2 is 1.45 bits per heavy atom. The standard InChI is InChI=1S/C24H20ClN5S/c1-16-3-11-20(12-4-16)28-22-23(31)29(21-13-5-17(2)6-14-21)24(26)30(22)27-15-18-7-9-19(25)10-8-18/h3-15,26H,1-2H3/b26-24?,27-15-,28-22?. The molecule has 1 aliphatic heterocycles. The first-order chi connectivity index (χ1) is 14.9. The van der Waals surface area contributed by atoms with E-state index in [0.29, 0.717) is 15.8 Å². The van der Waals surface area contributed by atoms with Gasteiger partial charge in [-0.1, -0.05) is 71.3 Å². The number of thiocarbonyl (C=S) groups is 1. The summed E-state index contributed by atoms with van der Waals surface area (Å²) in [5, 5.41) is 15.4. The van der Waals surface area contributed by atoms with Crippen molar-refractivity contribution in [3.8, 4) is 0 Å². The summed E-state index contributed by atoms with van der Waals surface area (Å²) in [4.78, 5) is 6.80. The lowest BCUT2D eigenvalue weighted by atomic mass is 10.2. The smallest absolute Gasteiger partial charge is 0.231 e. The molecule has 0 aliphatic carbocycles. The first-order valence-electron chi connectivity index (χ1n) is 9.67. The maximum Gasteiger partial charge on any atom is 0.231 e. The molecule has 1 N–H and O–H groups in total. The number of nitrogens with zero attached hydrogens (tertiary/aromatic N) is 4. The molecule has 1 aliphatic rings. The number of rotatable bonds is 4. The Labute approximate surface area is 191 Å². The Morgan fingerprint density at radius 1 is 0.871 bits per heavy atom. The lowest BCUT2D eigenvalue weighted by Gasteiger charge is -2.17. The van der Waals surface area contributed by atoms with Crippen LogP contribution in [0.25, 0.3) is 0 Å². The highest BCUT2D eigenvalue weighted by atomic mass is 35.5. The quantitative estimate of drug-likeness (QED) is 0.389. The molecule has 0 aromatic heterocycles. The number of aliphatic imine (C=N–C) groups is 1. The van der Waals surface area contributed by atoms with Crippen LogP contribution < -0.4 is 4.90 Å². The van der Waals surface area contributed by atoms with Gasteiger partial charge in [-0.2, -0.15) is 10.1 Å². The number of hydrazone groups is 1. The molecule has 0 radical (unpaired) electrons. The zero-order chi connectivity index (χ0) is 22.0. The van der Waals surface area contributed by atoms with Crippen molar-refractivity contribution in [1.82, 2.24) is 5.01 Å². The summed E-state index contributed by atoms with van der Waals surface area (Å²) < 4.78 is 0. The molecule has 0 unspecified atom stereocenters. The van der Waals surface area contributed by atoms with Crippen LogP contribution in [0.15, 0.2) is 82.9 Å². The number of guanidine groups is 1. The summed E-state index contributed by atoms with van der Waals surface area (Å²) in [6.45, 7) is 4.04. The van der Waals surface area contributed by atoms with Crippen molar-refractivity contribution < 1.29 is 0 Å². The van der Waals surface area contributed by atoms with Gasteiger partial charge >= 0.3 is 0 Å². The van der Waals surface area contributed by atoms with E-state index in [4.69, 9.17) is 34.2 Å². The van der Waals surface area contributed by atoms with Gasteiger partial charge in [0.1, 0.15) is 0 Å². The van der Waals surface area contributed by atoms with Crippen molar-refractivity contribution in [2.45, 2.75) is 13.8 Å². The first kappa shape index (κ1) is 20.9. The Hall–Kier alpha value is -3.35. The van der Waals surface area contributed by atoms with Crippen molar-refractivity contribution in [2.75, 3.05) is 4.90 Å². The fraction of sp³-hybridized carbons (Fsp3) is 0.0833. The summed E-state index contributed by atoms with van der Waals surface area (Å²) in [6.07, 6.45) is 1.66. The summed E-state index contributed by atoms with van der Waals surface area (Å²) in [6, 6.07) is 23.0.